The minimum atomic E-state index is 0.849. The first-order chi connectivity index (χ1) is 10.2. The maximum absolute atomic E-state index is 4.45. The van der Waals surface area contributed by atoms with E-state index < -0.39 is 0 Å². The maximum atomic E-state index is 4.45. The van der Waals surface area contributed by atoms with Gasteiger partial charge in [0.05, 0.1) is 0 Å². The van der Waals surface area contributed by atoms with Crippen LogP contribution in [-0.4, -0.2) is 18.1 Å². The van der Waals surface area contributed by atoms with E-state index in [0.29, 0.717) is 0 Å². The molecule has 3 heteroatoms. The van der Waals surface area contributed by atoms with E-state index in [2.05, 4.69) is 66.3 Å². The fourth-order valence-electron chi connectivity index (χ4n) is 2.51. The first kappa shape index (κ1) is 15.5. The monoisotopic (exact) mass is 283 g/mol. The SMILES string of the molecule is CCNCc1cnc(C)cc1N(CC)c1cccc(C)c1. The summed E-state index contributed by atoms with van der Waals surface area (Å²) in [6.45, 7) is 11.2. The molecule has 2 aromatic rings. The van der Waals surface area contributed by atoms with E-state index in [9.17, 15) is 0 Å². The molecule has 0 radical (unpaired) electrons. The quantitative estimate of drug-likeness (QED) is 0.869. The molecule has 0 atom stereocenters. The highest BCUT2D eigenvalue weighted by Crippen LogP contribution is 2.29. The van der Waals surface area contributed by atoms with Crippen LogP contribution in [0.1, 0.15) is 30.7 Å². The smallest absolute Gasteiger partial charge is 0.0489 e. The molecule has 2 rings (SSSR count). The van der Waals surface area contributed by atoms with E-state index in [1.54, 1.807) is 0 Å². The average molecular weight is 283 g/mol. The molecule has 112 valence electrons. The van der Waals surface area contributed by atoms with E-state index in [1.807, 2.05) is 13.1 Å². The molecule has 0 fully saturated rings. The van der Waals surface area contributed by atoms with E-state index >= 15 is 0 Å². The number of hydrogen-bond acceptors (Lipinski definition) is 3. The van der Waals surface area contributed by atoms with Gasteiger partial charge in [-0.1, -0.05) is 19.1 Å². The van der Waals surface area contributed by atoms with Crippen molar-refractivity contribution in [3.63, 3.8) is 0 Å². The first-order valence-electron chi connectivity index (χ1n) is 7.66. The molecule has 3 nitrogen and oxygen atoms in total. The Hall–Kier alpha value is -1.87. The van der Waals surface area contributed by atoms with Crippen LogP contribution in [0, 0.1) is 13.8 Å². The summed E-state index contributed by atoms with van der Waals surface area (Å²) >= 11 is 0. The van der Waals surface area contributed by atoms with Gasteiger partial charge in [-0.2, -0.15) is 0 Å². The van der Waals surface area contributed by atoms with Gasteiger partial charge in [0, 0.05) is 41.9 Å². The summed E-state index contributed by atoms with van der Waals surface area (Å²) in [5.41, 5.74) is 6.06. The number of aromatic nitrogens is 1. The van der Waals surface area contributed by atoms with Crippen LogP contribution in [0.5, 0.6) is 0 Å². The zero-order chi connectivity index (χ0) is 15.2. The minimum Gasteiger partial charge on any atom is -0.341 e. The van der Waals surface area contributed by atoms with Gasteiger partial charge in [0.15, 0.2) is 0 Å². The van der Waals surface area contributed by atoms with Gasteiger partial charge in [0.2, 0.25) is 0 Å². The lowest BCUT2D eigenvalue weighted by atomic mass is 10.1. The summed E-state index contributed by atoms with van der Waals surface area (Å²) in [6, 6.07) is 10.8. The largest absolute Gasteiger partial charge is 0.341 e. The van der Waals surface area contributed by atoms with Gasteiger partial charge >= 0.3 is 0 Å². The summed E-state index contributed by atoms with van der Waals surface area (Å²) in [4.78, 5) is 6.81. The molecular formula is C18H25N3. The van der Waals surface area contributed by atoms with Gasteiger partial charge in [-0.05, 0) is 51.1 Å². The van der Waals surface area contributed by atoms with Crippen LogP contribution in [0.25, 0.3) is 0 Å². The lowest BCUT2D eigenvalue weighted by Crippen LogP contribution is -2.21. The highest BCUT2D eigenvalue weighted by Gasteiger charge is 2.12. The third kappa shape index (κ3) is 3.82. The number of aryl methyl sites for hydroxylation is 2. The van der Waals surface area contributed by atoms with Gasteiger partial charge in [0.1, 0.15) is 0 Å². The fourth-order valence-corrected chi connectivity index (χ4v) is 2.51. The van der Waals surface area contributed by atoms with Crippen LogP contribution in [0.3, 0.4) is 0 Å². The summed E-state index contributed by atoms with van der Waals surface area (Å²) in [7, 11) is 0. The van der Waals surface area contributed by atoms with Crippen molar-refractivity contribution in [2.24, 2.45) is 0 Å². The van der Waals surface area contributed by atoms with Gasteiger partial charge in [-0.15, -0.1) is 0 Å². The molecule has 0 aliphatic heterocycles. The molecule has 1 N–H and O–H groups in total. The number of anilines is 2. The average Bonchev–Trinajstić information content (AvgIpc) is 2.47. The van der Waals surface area contributed by atoms with Crippen molar-refractivity contribution in [2.75, 3.05) is 18.0 Å². The molecule has 0 bridgehead atoms. The van der Waals surface area contributed by atoms with Crippen LogP contribution in [-0.2, 0) is 6.54 Å². The highest BCUT2D eigenvalue weighted by molar-refractivity contribution is 5.67. The Kier molecular flexibility index (Phi) is 5.34. The lowest BCUT2D eigenvalue weighted by molar-refractivity contribution is 0.722. The predicted octanol–water partition coefficient (Wildman–Crippen LogP) is 3.97. The second kappa shape index (κ2) is 7.23. The van der Waals surface area contributed by atoms with Crippen molar-refractivity contribution in [1.82, 2.24) is 10.3 Å². The summed E-state index contributed by atoms with van der Waals surface area (Å²) in [5, 5.41) is 3.40. The number of benzene rings is 1. The molecule has 0 unspecified atom stereocenters. The van der Waals surface area contributed by atoms with Crippen LogP contribution < -0.4 is 10.2 Å². The number of nitrogens with zero attached hydrogens (tertiary/aromatic N) is 2. The fraction of sp³-hybridized carbons (Fsp3) is 0.389. The number of rotatable bonds is 6. The molecule has 21 heavy (non-hydrogen) atoms. The number of hydrogen-bond donors (Lipinski definition) is 1. The lowest BCUT2D eigenvalue weighted by Gasteiger charge is -2.26. The molecule has 1 heterocycles. The summed E-state index contributed by atoms with van der Waals surface area (Å²) in [6.07, 6.45) is 1.99. The Bertz CT molecular complexity index is 593. The van der Waals surface area contributed by atoms with Gasteiger partial charge < -0.3 is 10.2 Å². The van der Waals surface area contributed by atoms with Gasteiger partial charge in [-0.3, -0.25) is 4.98 Å². The Balaban J connectivity index is 2.43. The van der Waals surface area contributed by atoms with E-state index in [0.717, 1.165) is 25.3 Å². The van der Waals surface area contributed by atoms with Gasteiger partial charge in [-0.25, -0.2) is 0 Å². The predicted molar refractivity (Wildman–Crippen MR) is 90.2 cm³/mol. The van der Waals surface area contributed by atoms with E-state index in [-0.39, 0.29) is 0 Å². The maximum Gasteiger partial charge on any atom is 0.0489 e. The molecular weight excluding hydrogens is 258 g/mol. The second-order valence-electron chi connectivity index (χ2n) is 5.32. The second-order valence-corrected chi connectivity index (χ2v) is 5.32. The van der Waals surface area contributed by atoms with Crippen molar-refractivity contribution in [1.29, 1.82) is 0 Å². The van der Waals surface area contributed by atoms with E-state index in [1.165, 1.54) is 22.5 Å². The van der Waals surface area contributed by atoms with Crippen molar-refractivity contribution in [3.05, 3.63) is 53.3 Å². The molecule has 0 spiro atoms. The van der Waals surface area contributed by atoms with Crippen LogP contribution in [0.2, 0.25) is 0 Å². The Morgan fingerprint density at radius 1 is 1.14 bits per heavy atom. The number of pyridine rings is 1. The zero-order valence-corrected chi connectivity index (χ0v) is 13.5. The van der Waals surface area contributed by atoms with E-state index in [4.69, 9.17) is 0 Å². The third-order valence-electron chi connectivity index (χ3n) is 3.58. The number of nitrogens with one attached hydrogen (secondary N) is 1. The van der Waals surface area contributed by atoms with Crippen molar-refractivity contribution in [2.45, 2.75) is 34.2 Å². The molecule has 0 aliphatic rings. The minimum absolute atomic E-state index is 0.849. The summed E-state index contributed by atoms with van der Waals surface area (Å²) < 4.78 is 0. The normalized spacial score (nSPS) is 10.7. The molecule has 0 saturated carbocycles. The topological polar surface area (TPSA) is 28.2 Å². The highest BCUT2D eigenvalue weighted by atomic mass is 15.1. The Labute approximate surface area is 128 Å². The molecule has 1 aromatic heterocycles. The van der Waals surface area contributed by atoms with Crippen LogP contribution in [0.15, 0.2) is 36.5 Å². The molecule has 0 saturated heterocycles. The van der Waals surface area contributed by atoms with Gasteiger partial charge in [0.25, 0.3) is 0 Å². The van der Waals surface area contributed by atoms with Crippen molar-refractivity contribution in [3.8, 4) is 0 Å². The van der Waals surface area contributed by atoms with Crippen LogP contribution >= 0.6 is 0 Å². The Morgan fingerprint density at radius 2 is 1.95 bits per heavy atom. The summed E-state index contributed by atoms with van der Waals surface area (Å²) in [5.74, 6) is 0. The van der Waals surface area contributed by atoms with Crippen molar-refractivity contribution >= 4 is 11.4 Å². The molecule has 0 amide bonds. The molecule has 1 aromatic carbocycles. The Morgan fingerprint density at radius 3 is 2.62 bits per heavy atom. The van der Waals surface area contributed by atoms with Crippen molar-refractivity contribution < 1.29 is 0 Å². The molecule has 0 aliphatic carbocycles. The first-order valence-corrected chi connectivity index (χ1v) is 7.66. The zero-order valence-electron chi connectivity index (χ0n) is 13.5. The third-order valence-corrected chi connectivity index (χ3v) is 3.58. The van der Waals surface area contributed by atoms with Crippen LogP contribution in [0.4, 0.5) is 11.4 Å². The standard InChI is InChI=1S/C18H25N3/c1-5-19-12-16-13-20-15(4)11-18(16)21(6-2)17-9-7-8-14(3)10-17/h7-11,13,19H,5-6,12H2,1-4H3.